The van der Waals surface area contributed by atoms with Gasteiger partial charge in [-0.3, -0.25) is 9.59 Å². The molecule has 1 amide bonds. The van der Waals surface area contributed by atoms with Crippen molar-refractivity contribution in [1.82, 2.24) is 5.32 Å². The summed E-state index contributed by atoms with van der Waals surface area (Å²) in [6.07, 6.45) is 0.549. The molecule has 0 aliphatic heterocycles. The normalized spacial score (nSPS) is 15.8. The summed E-state index contributed by atoms with van der Waals surface area (Å²) in [5, 5.41) is 21.0. The summed E-state index contributed by atoms with van der Waals surface area (Å²) in [5.41, 5.74) is 0.844. The summed E-state index contributed by atoms with van der Waals surface area (Å²) in [6, 6.07) is 8.01. The van der Waals surface area contributed by atoms with Gasteiger partial charge < -0.3 is 15.5 Å². The fourth-order valence-electron chi connectivity index (χ4n) is 2.78. The quantitative estimate of drug-likeness (QED) is 0.509. The van der Waals surface area contributed by atoms with Gasteiger partial charge in [0.15, 0.2) is 0 Å². The van der Waals surface area contributed by atoms with Gasteiger partial charge in [0, 0.05) is 11.7 Å². The lowest BCUT2D eigenvalue weighted by atomic mass is 9.76. The van der Waals surface area contributed by atoms with Gasteiger partial charge >= 0.3 is 11.9 Å². The first-order chi connectivity index (χ1) is 11.3. The third-order valence-electron chi connectivity index (χ3n) is 4.14. The van der Waals surface area contributed by atoms with Crippen LogP contribution in [0.15, 0.2) is 30.3 Å². The van der Waals surface area contributed by atoms with Crippen LogP contribution in [-0.2, 0) is 14.4 Å². The van der Waals surface area contributed by atoms with E-state index < -0.39 is 35.7 Å². The van der Waals surface area contributed by atoms with Crippen LogP contribution in [0, 0.1) is 11.8 Å². The minimum atomic E-state index is -1.20. The predicted molar refractivity (Wildman–Crippen MR) is 93.2 cm³/mol. The van der Waals surface area contributed by atoms with E-state index in [9.17, 15) is 19.5 Å². The monoisotopic (exact) mass is 353 g/mol. The molecule has 1 aromatic rings. The Kier molecular flexibility index (Phi) is 7.78. The third kappa shape index (κ3) is 4.99. The third-order valence-corrected chi connectivity index (χ3v) is 4.50. The molecule has 4 atom stereocenters. The van der Waals surface area contributed by atoms with Crippen LogP contribution in [0.4, 0.5) is 0 Å². The van der Waals surface area contributed by atoms with E-state index in [-0.39, 0.29) is 11.7 Å². The number of hydrogen-bond donors (Lipinski definition) is 4. The SMILES string of the molecule is CCC(c1ccccc1)C(C(=O)O)C(C)C(=O)NC(CS)C(=O)O. The van der Waals surface area contributed by atoms with Crippen LogP contribution in [0.2, 0.25) is 0 Å². The maximum absolute atomic E-state index is 12.3. The number of benzene rings is 1. The van der Waals surface area contributed by atoms with Gasteiger partial charge in [0.25, 0.3) is 0 Å². The van der Waals surface area contributed by atoms with Crippen LogP contribution in [-0.4, -0.2) is 39.9 Å². The second-order valence-corrected chi connectivity index (χ2v) is 6.03. The lowest BCUT2D eigenvalue weighted by Gasteiger charge is -2.28. The van der Waals surface area contributed by atoms with Crippen LogP contribution in [0.3, 0.4) is 0 Å². The highest BCUT2D eigenvalue weighted by molar-refractivity contribution is 7.80. The Morgan fingerprint density at radius 1 is 1.12 bits per heavy atom. The molecule has 4 unspecified atom stereocenters. The molecule has 0 bridgehead atoms. The van der Waals surface area contributed by atoms with Crippen LogP contribution < -0.4 is 5.32 Å². The smallest absolute Gasteiger partial charge is 0.327 e. The van der Waals surface area contributed by atoms with Gasteiger partial charge in [-0.1, -0.05) is 44.2 Å². The molecule has 0 saturated carbocycles. The molecule has 0 heterocycles. The number of aliphatic carboxylic acids is 2. The van der Waals surface area contributed by atoms with Crippen LogP contribution >= 0.6 is 12.6 Å². The summed E-state index contributed by atoms with van der Waals surface area (Å²) >= 11 is 3.89. The summed E-state index contributed by atoms with van der Waals surface area (Å²) < 4.78 is 0. The van der Waals surface area contributed by atoms with E-state index in [1.165, 1.54) is 6.92 Å². The molecule has 1 aromatic carbocycles. The Bertz CT molecular complexity index is 578. The molecule has 0 aromatic heterocycles. The van der Waals surface area contributed by atoms with Crippen molar-refractivity contribution in [2.75, 3.05) is 5.75 Å². The Morgan fingerprint density at radius 2 is 1.71 bits per heavy atom. The molecule has 7 heteroatoms. The van der Waals surface area contributed by atoms with Crippen molar-refractivity contribution < 1.29 is 24.6 Å². The van der Waals surface area contributed by atoms with Gasteiger partial charge in [-0.05, 0) is 17.9 Å². The molecule has 1 rings (SSSR count). The first kappa shape index (κ1) is 20.0. The number of carboxylic acid groups (broad SMARTS) is 2. The second kappa shape index (κ2) is 9.32. The molecule has 0 fully saturated rings. The van der Waals surface area contributed by atoms with Gasteiger partial charge in [-0.15, -0.1) is 0 Å². The number of carboxylic acids is 2. The van der Waals surface area contributed by atoms with Gasteiger partial charge in [-0.25, -0.2) is 4.79 Å². The number of carbonyl (C=O) groups is 3. The number of thiol groups is 1. The maximum Gasteiger partial charge on any atom is 0.327 e. The Labute approximate surface area is 146 Å². The number of nitrogens with one attached hydrogen (secondary N) is 1. The summed E-state index contributed by atoms with van der Waals surface area (Å²) in [5.74, 6) is -5.12. The van der Waals surface area contributed by atoms with E-state index in [0.717, 1.165) is 5.56 Å². The molecule has 24 heavy (non-hydrogen) atoms. The molecule has 6 nitrogen and oxygen atoms in total. The first-order valence-electron chi connectivity index (χ1n) is 7.75. The van der Waals surface area contributed by atoms with Crippen LogP contribution in [0.1, 0.15) is 31.7 Å². The fraction of sp³-hybridized carbons (Fsp3) is 0.471. The molecule has 0 radical (unpaired) electrons. The minimum absolute atomic E-state index is 0.0680. The van der Waals surface area contributed by atoms with Crippen molar-refractivity contribution in [3.05, 3.63) is 35.9 Å². The van der Waals surface area contributed by atoms with E-state index in [0.29, 0.717) is 6.42 Å². The zero-order valence-electron chi connectivity index (χ0n) is 13.7. The standard InChI is InChI=1S/C17H23NO5S/c1-3-12(11-7-5-4-6-8-11)14(17(22)23)10(2)15(19)18-13(9-24)16(20)21/h4-8,10,12-14,24H,3,9H2,1-2H3,(H,18,19)(H,20,21)(H,22,23). The molecule has 0 spiro atoms. The highest BCUT2D eigenvalue weighted by atomic mass is 32.1. The molecular formula is C17H23NO5S. The first-order valence-corrected chi connectivity index (χ1v) is 8.38. The molecule has 0 saturated heterocycles. The van der Waals surface area contributed by atoms with Crippen molar-refractivity contribution in [3.8, 4) is 0 Å². The topological polar surface area (TPSA) is 104 Å². The van der Waals surface area contributed by atoms with Crippen LogP contribution in [0.5, 0.6) is 0 Å². The second-order valence-electron chi connectivity index (χ2n) is 5.66. The van der Waals surface area contributed by atoms with E-state index >= 15 is 0 Å². The lowest BCUT2D eigenvalue weighted by molar-refractivity contribution is -0.148. The Morgan fingerprint density at radius 3 is 2.12 bits per heavy atom. The van der Waals surface area contributed by atoms with Crippen molar-refractivity contribution in [3.63, 3.8) is 0 Å². The van der Waals surface area contributed by atoms with Gasteiger partial charge in [-0.2, -0.15) is 12.6 Å². The highest BCUT2D eigenvalue weighted by Crippen LogP contribution is 2.33. The average molecular weight is 353 g/mol. The summed E-state index contributed by atoms with van der Waals surface area (Å²) in [4.78, 5) is 35.2. The number of rotatable bonds is 9. The highest BCUT2D eigenvalue weighted by Gasteiger charge is 2.37. The van der Waals surface area contributed by atoms with Gasteiger partial charge in [0.1, 0.15) is 6.04 Å². The van der Waals surface area contributed by atoms with E-state index in [2.05, 4.69) is 17.9 Å². The van der Waals surface area contributed by atoms with Crippen molar-refractivity contribution >= 4 is 30.5 Å². The molecule has 132 valence electrons. The fourth-order valence-corrected chi connectivity index (χ4v) is 3.03. The van der Waals surface area contributed by atoms with Crippen molar-refractivity contribution in [2.24, 2.45) is 11.8 Å². The van der Waals surface area contributed by atoms with Gasteiger partial charge in [0.05, 0.1) is 5.92 Å². The Balaban J connectivity index is 3.03. The van der Waals surface area contributed by atoms with E-state index in [1.54, 1.807) is 0 Å². The molecule has 3 N–H and O–H groups in total. The molecule has 0 aliphatic rings. The maximum atomic E-state index is 12.3. The zero-order chi connectivity index (χ0) is 18.3. The average Bonchev–Trinajstić information content (AvgIpc) is 2.56. The lowest BCUT2D eigenvalue weighted by Crippen LogP contribution is -2.47. The van der Waals surface area contributed by atoms with E-state index in [1.807, 2.05) is 37.3 Å². The largest absolute Gasteiger partial charge is 0.481 e. The number of carbonyl (C=O) groups excluding carboxylic acids is 1. The van der Waals surface area contributed by atoms with Gasteiger partial charge in [0.2, 0.25) is 5.91 Å². The molecular weight excluding hydrogens is 330 g/mol. The number of hydrogen-bond acceptors (Lipinski definition) is 4. The summed E-state index contributed by atoms with van der Waals surface area (Å²) in [7, 11) is 0. The van der Waals surface area contributed by atoms with Crippen molar-refractivity contribution in [1.29, 1.82) is 0 Å². The minimum Gasteiger partial charge on any atom is -0.481 e. The summed E-state index contributed by atoms with van der Waals surface area (Å²) in [6.45, 7) is 3.38. The van der Waals surface area contributed by atoms with Crippen molar-refractivity contribution in [2.45, 2.75) is 32.2 Å². The molecule has 0 aliphatic carbocycles. The predicted octanol–water partition coefficient (Wildman–Crippen LogP) is 2.02. The van der Waals surface area contributed by atoms with E-state index in [4.69, 9.17) is 5.11 Å². The zero-order valence-corrected chi connectivity index (χ0v) is 14.6. The van der Waals surface area contributed by atoms with Crippen LogP contribution in [0.25, 0.3) is 0 Å². The Hall–Kier alpha value is -2.02. The number of amides is 1.